The summed E-state index contributed by atoms with van der Waals surface area (Å²) in [4.78, 5) is 49.3. The lowest BCUT2D eigenvalue weighted by Gasteiger charge is -2.28. The molecular formula is C21H32N4O7S. The fourth-order valence-corrected chi connectivity index (χ4v) is 3.01. The minimum Gasteiger partial charge on any atom is -0.508 e. The van der Waals surface area contributed by atoms with Crippen LogP contribution in [0.25, 0.3) is 0 Å². The number of carboxylic acid groups (broad SMARTS) is 1. The lowest BCUT2D eigenvalue weighted by Crippen LogP contribution is -2.59. The third kappa shape index (κ3) is 8.91. The van der Waals surface area contributed by atoms with Gasteiger partial charge in [0.05, 0.1) is 12.6 Å². The Hall–Kier alpha value is -2.83. The molecule has 12 heteroatoms. The molecule has 33 heavy (non-hydrogen) atoms. The van der Waals surface area contributed by atoms with Crippen molar-refractivity contribution >= 4 is 36.3 Å². The highest BCUT2D eigenvalue weighted by Gasteiger charge is 2.32. The summed E-state index contributed by atoms with van der Waals surface area (Å²) < 4.78 is 0. The van der Waals surface area contributed by atoms with E-state index in [1.54, 1.807) is 26.0 Å². The number of hydrogen-bond donors (Lipinski definition) is 8. The van der Waals surface area contributed by atoms with Gasteiger partial charge in [-0.25, -0.2) is 4.79 Å². The number of carbonyl (C=O) groups is 4. The van der Waals surface area contributed by atoms with E-state index in [0.29, 0.717) is 12.0 Å². The lowest BCUT2D eigenvalue weighted by molar-refractivity contribution is -0.143. The van der Waals surface area contributed by atoms with Gasteiger partial charge in [0, 0.05) is 12.2 Å². The van der Waals surface area contributed by atoms with Crippen LogP contribution in [0.15, 0.2) is 24.3 Å². The summed E-state index contributed by atoms with van der Waals surface area (Å²) in [6, 6.07) is 1.31. The van der Waals surface area contributed by atoms with Crippen molar-refractivity contribution in [2.45, 2.75) is 50.9 Å². The number of nitrogens with two attached hydrogens (primary N) is 1. The van der Waals surface area contributed by atoms with Gasteiger partial charge in [-0.3, -0.25) is 14.4 Å². The molecule has 0 fully saturated rings. The van der Waals surface area contributed by atoms with E-state index in [9.17, 15) is 29.4 Å². The number of phenolic OH excluding ortho intramolecular Hbond substituents is 1. The molecule has 0 saturated carbocycles. The number of carboxylic acids is 1. The first-order valence-corrected chi connectivity index (χ1v) is 11.1. The maximum Gasteiger partial charge on any atom is 0.328 e. The van der Waals surface area contributed by atoms with Crippen molar-refractivity contribution in [3.05, 3.63) is 29.8 Å². The van der Waals surface area contributed by atoms with Crippen LogP contribution < -0.4 is 21.7 Å². The Labute approximate surface area is 197 Å². The van der Waals surface area contributed by atoms with Crippen LogP contribution in [-0.2, 0) is 25.6 Å². The van der Waals surface area contributed by atoms with Gasteiger partial charge in [-0.15, -0.1) is 0 Å². The van der Waals surface area contributed by atoms with Gasteiger partial charge in [0.1, 0.15) is 23.9 Å². The number of amides is 3. The maximum absolute atomic E-state index is 13.1. The van der Waals surface area contributed by atoms with Gasteiger partial charge >= 0.3 is 5.97 Å². The zero-order valence-corrected chi connectivity index (χ0v) is 19.4. The van der Waals surface area contributed by atoms with Crippen molar-refractivity contribution in [1.29, 1.82) is 0 Å². The molecule has 3 amide bonds. The Bertz CT molecular complexity index is 821. The number of aliphatic carboxylic acids is 1. The van der Waals surface area contributed by atoms with Gasteiger partial charge in [-0.1, -0.05) is 32.4 Å². The monoisotopic (exact) mass is 484 g/mol. The van der Waals surface area contributed by atoms with Crippen LogP contribution in [-0.4, -0.2) is 75.5 Å². The summed E-state index contributed by atoms with van der Waals surface area (Å²) in [6.07, 6.45) is 0.523. The molecule has 5 atom stereocenters. The fourth-order valence-electron chi connectivity index (χ4n) is 2.84. The van der Waals surface area contributed by atoms with E-state index in [4.69, 9.17) is 10.8 Å². The number of aliphatic hydroxyl groups excluding tert-OH is 1. The van der Waals surface area contributed by atoms with Gasteiger partial charge in [-0.05, 0) is 23.6 Å². The summed E-state index contributed by atoms with van der Waals surface area (Å²) in [6.45, 7) is 2.67. The van der Waals surface area contributed by atoms with Crippen molar-refractivity contribution in [1.82, 2.24) is 16.0 Å². The van der Waals surface area contributed by atoms with Gasteiger partial charge in [0.2, 0.25) is 17.7 Å². The van der Waals surface area contributed by atoms with Crippen LogP contribution in [0.4, 0.5) is 0 Å². The zero-order chi connectivity index (χ0) is 25.1. The van der Waals surface area contributed by atoms with E-state index in [1.807, 2.05) is 0 Å². The molecule has 0 heterocycles. The predicted octanol–water partition coefficient (Wildman–Crippen LogP) is -1.23. The molecule has 184 valence electrons. The van der Waals surface area contributed by atoms with E-state index in [1.165, 1.54) is 12.1 Å². The number of hydrogen-bond acceptors (Lipinski definition) is 8. The highest BCUT2D eigenvalue weighted by Crippen LogP contribution is 2.13. The standard InChI is InChI=1S/C21H32N4O7S/c1-3-11(2)17(20(30)24-16(9-26)21(31)32)25-19(29)15(23-18(28)14(22)10-33)8-12-4-6-13(27)7-5-12/h4-7,11,14-17,26-27,33H,3,8-10,22H2,1-2H3,(H,23,28)(H,24,30)(H,25,29)(H,31,32). The number of aromatic hydroxyl groups is 1. The van der Waals surface area contributed by atoms with Crippen molar-refractivity contribution < 1.29 is 34.5 Å². The third-order valence-corrected chi connectivity index (χ3v) is 5.53. The normalized spacial score (nSPS) is 15.4. The summed E-state index contributed by atoms with van der Waals surface area (Å²) in [7, 11) is 0. The molecule has 0 aliphatic rings. The molecule has 8 N–H and O–H groups in total. The van der Waals surface area contributed by atoms with E-state index in [0.717, 1.165) is 0 Å². The third-order valence-electron chi connectivity index (χ3n) is 5.13. The van der Waals surface area contributed by atoms with Crippen LogP contribution in [0.2, 0.25) is 0 Å². The van der Waals surface area contributed by atoms with Crippen LogP contribution >= 0.6 is 12.6 Å². The Kier molecular flexibility index (Phi) is 11.7. The second kappa shape index (κ2) is 13.7. The molecule has 11 nitrogen and oxygen atoms in total. The maximum atomic E-state index is 13.1. The molecule has 1 aromatic rings. The Morgan fingerprint density at radius 1 is 1.00 bits per heavy atom. The molecule has 5 unspecified atom stereocenters. The fraction of sp³-hybridized carbons (Fsp3) is 0.524. The molecule has 1 rings (SSSR count). The number of thiol groups is 1. The average Bonchev–Trinajstić information content (AvgIpc) is 2.79. The van der Waals surface area contributed by atoms with Crippen molar-refractivity contribution in [2.75, 3.05) is 12.4 Å². The highest BCUT2D eigenvalue weighted by molar-refractivity contribution is 7.80. The molecule has 0 aliphatic heterocycles. The number of rotatable bonds is 13. The second-order valence-electron chi connectivity index (χ2n) is 7.67. The summed E-state index contributed by atoms with van der Waals surface area (Å²) in [5.74, 6) is -3.79. The molecule has 1 aromatic carbocycles. The SMILES string of the molecule is CCC(C)C(NC(=O)C(Cc1ccc(O)cc1)NC(=O)C(N)CS)C(=O)NC(CO)C(=O)O. The molecule has 0 spiro atoms. The highest BCUT2D eigenvalue weighted by atomic mass is 32.1. The lowest BCUT2D eigenvalue weighted by atomic mass is 9.96. The van der Waals surface area contributed by atoms with Crippen molar-refractivity contribution in [2.24, 2.45) is 11.7 Å². The Morgan fingerprint density at radius 3 is 2.06 bits per heavy atom. The van der Waals surface area contributed by atoms with Crippen LogP contribution in [0.1, 0.15) is 25.8 Å². The zero-order valence-electron chi connectivity index (χ0n) is 18.5. The topological polar surface area (TPSA) is 191 Å². The minimum atomic E-state index is -1.53. The van der Waals surface area contributed by atoms with E-state index in [-0.39, 0.29) is 23.8 Å². The van der Waals surface area contributed by atoms with E-state index in [2.05, 4.69) is 28.6 Å². The quantitative estimate of drug-likeness (QED) is 0.160. The second-order valence-corrected chi connectivity index (χ2v) is 8.04. The van der Waals surface area contributed by atoms with Crippen molar-refractivity contribution in [3.63, 3.8) is 0 Å². The van der Waals surface area contributed by atoms with Crippen molar-refractivity contribution in [3.8, 4) is 5.75 Å². The molecule has 0 bridgehead atoms. The van der Waals surface area contributed by atoms with E-state index < -0.39 is 54.5 Å². The van der Waals surface area contributed by atoms with Gasteiger partial charge < -0.3 is 37.0 Å². The largest absolute Gasteiger partial charge is 0.508 e. The average molecular weight is 485 g/mol. The number of aliphatic hydroxyl groups is 1. The number of carbonyl (C=O) groups excluding carboxylic acids is 3. The number of phenols is 1. The van der Waals surface area contributed by atoms with Crippen LogP contribution in [0.5, 0.6) is 5.75 Å². The molecule has 0 aromatic heterocycles. The van der Waals surface area contributed by atoms with Crippen LogP contribution in [0, 0.1) is 5.92 Å². The number of benzene rings is 1. The molecule has 0 radical (unpaired) electrons. The van der Waals surface area contributed by atoms with Gasteiger partial charge in [0.25, 0.3) is 0 Å². The summed E-state index contributed by atoms with van der Waals surface area (Å²) in [5, 5.41) is 35.1. The first kappa shape index (κ1) is 28.2. The number of nitrogens with one attached hydrogen (secondary N) is 3. The smallest absolute Gasteiger partial charge is 0.328 e. The van der Waals surface area contributed by atoms with Gasteiger partial charge in [0.15, 0.2) is 0 Å². The van der Waals surface area contributed by atoms with E-state index >= 15 is 0 Å². The summed E-state index contributed by atoms with van der Waals surface area (Å²) >= 11 is 3.98. The van der Waals surface area contributed by atoms with Crippen LogP contribution in [0.3, 0.4) is 0 Å². The summed E-state index contributed by atoms with van der Waals surface area (Å²) in [5.41, 5.74) is 6.33. The first-order valence-electron chi connectivity index (χ1n) is 10.4. The molecule has 0 aliphatic carbocycles. The Balaban J connectivity index is 3.11. The van der Waals surface area contributed by atoms with Gasteiger partial charge in [-0.2, -0.15) is 12.6 Å². The molecular weight excluding hydrogens is 452 g/mol. The Morgan fingerprint density at radius 2 is 1.58 bits per heavy atom. The molecule has 0 saturated heterocycles. The minimum absolute atomic E-state index is 0.0336. The first-order chi connectivity index (χ1) is 15.5. The predicted molar refractivity (Wildman–Crippen MR) is 124 cm³/mol.